The van der Waals surface area contributed by atoms with E-state index in [-0.39, 0.29) is 5.54 Å². The van der Waals surface area contributed by atoms with Crippen molar-refractivity contribution in [3.05, 3.63) is 35.4 Å². The third-order valence-corrected chi connectivity index (χ3v) is 4.95. The maximum absolute atomic E-state index is 6.17. The smallest absolute Gasteiger partial charge is 0.191 e. The van der Waals surface area contributed by atoms with Crippen molar-refractivity contribution in [2.75, 3.05) is 19.7 Å². The third kappa shape index (κ3) is 1.82. The predicted molar refractivity (Wildman–Crippen MR) is 78.8 cm³/mol. The molecule has 4 heteroatoms. The zero-order valence-electron chi connectivity index (χ0n) is 11.7. The number of nitrogens with zero attached hydrogens (tertiary/aromatic N) is 2. The zero-order valence-corrected chi connectivity index (χ0v) is 11.7. The SMILES string of the molecule is NC1=NCC2(Cc3ccccc3C2)N1CC1CCCO1. The lowest BCUT2D eigenvalue weighted by Crippen LogP contribution is -2.54. The molecule has 1 aromatic rings. The normalized spacial score (nSPS) is 27.1. The van der Waals surface area contributed by atoms with Gasteiger partial charge in [0.1, 0.15) is 0 Å². The summed E-state index contributed by atoms with van der Waals surface area (Å²) in [4.78, 5) is 6.87. The van der Waals surface area contributed by atoms with Crippen molar-refractivity contribution in [3.8, 4) is 0 Å². The molecule has 3 aliphatic rings. The molecule has 1 spiro atoms. The minimum Gasteiger partial charge on any atom is -0.376 e. The van der Waals surface area contributed by atoms with Crippen LogP contribution in [0.4, 0.5) is 0 Å². The summed E-state index contributed by atoms with van der Waals surface area (Å²) in [6.07, 6.45) is 4.75. The Hall–Kier alpha value is -1.55. The summed E-state index contributed by atoms with van der Waals surface area (Å²) in [5.74, 6) is 0.702. The Morgan fingerprint density at radius 3 is 2.70 bits per heavy atom. The molecule has 1 atom stereocenters. The van der Waals surface area contributed by atoms with E-state index in [1.165, 1.54) is 17.5 Å². The van der Waals surface area contributed by atoms with Crippen molar-refractivity contribution in [1.29, 1.82) is 0 Å². The molecule has 0 bridgehead atoms. The van der Waals surface area contributed by atoms with Crippen LogP contribution in [0.15, 0.2) is 29.3 Å². The number of benzene rings is 1. The van der Waals surface area contributed by atoms with Crippen molar-refractivity contribution in [2.45, 2.75) is 37.3 Å². The van der Waals surface area contributed by atoms with Crippen LogP contribution in [0.25, 0.3) is 0 Å². The van der Waals surface area contributed by atoms with Crippen molar-refractivity contribution in [2.24, 2.45) is 10.7 Å². The van der Waals surface area contributed by atoms with E-state index in [0.717, 1.165) is 39.0 Å². The Bertz CT molecular complexity index is 523. The Morgan fingerprint density at radius 1 is 1.30 bits per heavy atom. The average molecular weight is 271 g/mol. The van der Waals surface area contributed by atoms with Gasteiger partial charge in [0.25, 0.3) is 0 Å². The maximum Gasteiger partial charge on any atom is 0.191 e. The van der Waals surface area contributed by atoms with Gasteiger partial charge in [-0.3, -0.25) is 4.99 Å². The largest absolute Gasteiger partial charge is 0.376 e. The summed E-state index contributed by atoms with van der Waals surface area (Å²) >= 11 is 0. The molecule has 20 heavy (non-hydrogen) atoms. The number of hydrogen-bond donors (Lipinski definition) is 1. The van der Waals surface area contributed by atoms with E-state index in [1.807, 2.05) is 0 Å². The highest BCUT2D eigenvalue weighted by molar-refractivity contribution is 5.81. The van der Waals surface area contributed by atoms with Gasteiger partial charge in [-0.15, -0.1) is 0 Å². The monoisotopic (exact) mass is 271 g/mol. The molecule has 1 unspecified atom stereocenters. The second kappa shape index (κ2) is 4.48. The number of ether oxygens (including phenoxy) is 1. The van der Waals surface area contributed by atoms with Gasteiger partial charge in [0.05, 0.1) is 18.2 Å². The van der Waals surface area contributed by atoms with E-state index in [9.17, 15) is 0 Å². The fourth-order valence-electron chi connectivity index (χ4n) is 3.90. The van der Waals surface area contributed by atoms with E-state index in [4.69, 9.17) is 10.5 Å². The van der Waals surface area contributed by atoms with E-state index >= 15 is 0 Å². The van der Waals surface area contributed by atoms with Gasteiger partial charge in [0, 0.05) is 13.2 Å². The zero-order chi connectivity index (χ0) is 13.6. The number of rotatable bonds is 2. The molecule has 4 nitrogen and oxygen atoms in total. The molecule has 1 aromatic carbocycles. The summed E-state index contributed by atoms with van der Waals surface area (Å²) in [6.45, 7) is 2.60. The first-order chi connectivity index (χ1) is 9.77. The fourth-order valence-corrected chi connectivity index (χ4v) is 3.90. The van der Waals surface area contributed by atoms with E-state index < -0.39 is 0 Å². The van der Waals surface area contributed by atoms with Crippen LogP contribution in [0.1, 0.15) is 24.0 Å². The molecule has 0 saturated carbocycles. The van der Waals surface area contributed by atoms with E-state index in [0.29, 0.717) is 12.1 Å². The van der Waals surface area contributed by atoms with Crippen LogP contribution >= 0.6 is 0 Å². The van der Waals surface area contributed by atoms with Gasteiger partial charge in [-0.25, -0.2) is 0 Å². The first-order valence-electron chi connectivity index (χ1n) is 7.53. The number of guanidine groups is 1. The number of hydrogen-bond acceptors (Lipinski definition) is 4. The molecule has 1 aliphatic carbocycles. The van der Waals surface area contributed by atoms with Gasteiger partial charge in [-0.05, 0) is 36.8 Å². The number of nitrogens with two attached hydrogens (primary N) is 1. The van der Waals surface area contributed by atoms with Crippen molar-refractivity contribution in [1.82, 2.24) is 4.90 Å². The van der Waals surface area contributed by atoms with Crippen molar-refractivity contribution < 1.29 is 4.74 Å². The summed E-state index contributed by atoms with van der Waals surface area (Å²) in [5.41, 5.74) is 9.14. The molecule has 1 fully saturated rings. The summed E-state index contributed by atoms with van der Waals surface area (Å²) < 4.78 is 5.79. The van der Waals surface area contributed by atoms with E-state index in [1.54, 1.807) is 0 Å². The maximum atomic E-state index is 6.17. The molecule has 2 N–H and O–H groups in total. The van der Waals surface area contributed by atoms with Crippen LogP contribution in [0.3, 0.4) is 0 Å². The molecule has 1 saturated heterocycles. The van der Waals surface area contributed by atoms with Crippen molar-refractivity contribution in [3.63, 3.8) is 0 Å². The minimum absolute atomic E-state index is 0.0692. The molecule has 2 aliphatic heterocycles. The molecule has 4 rings (SSSR count). The molecule has 0 radical (unpaired) electrons. The third-order valence-electron chi connectivity index (χ3n) is 4.95. The molecule has 2 heterocycles. The van der Waals surface area contributed by atoms with Gasteiger partial charge >= 0.3 is 0 Å². The van der Waals surface area contributed by atoms with Crippen LogP contribution < -0.4 is 5.73 Å². The van der Waals surface area contributed by atoms with Crippen LogP contribution in [-0.4, -0.2) is 42.2 Å². The Balaban J connectivity index is 1.59. The number of aliphatic imine (C=N–C) groups is 1. The topological polar surface area (TPSA) is 50.8 Å². The highest BCUT2D eigenvalue weighted by atomic mass is 16.5. The van der Waals surface area contributed by atoms with Gasteiger partial charge in [-0.1, -0.05) is 24.3 Å². The fraction of sp³-hybridized carbons (Fsp3) is 0.562. The van der Waals surface area contributed by atoms with Crippen LogP contribution in [0.2, 0.25) is 0 Å². The Kier molecular flexibility index (Phi) is 2.74. The first-order valence-corrected chi connectivity index (χ1v) is 7.53. The molecular formula is C16H21N3O. The molecular weight excluding hydrogens is 250 g/mol. The minimum atomic E-state index is 0.0692. The molecule has 106 valence electrons. The number of fused-ring (bicyclic) bond motifs is 1. The quantitative estimate of drug-likeness (QED) is 0.883. The Labute approximate surface area is 119 Å². The summed E-state index contributed by atoms with van der Waals surface area (Å²) in [7, 11) is 0. The van der Waals surface area contributed by atoms with Gasteiger partial charge in [0.15, 0.2) is 5.96 Å². The first kappa shape index (κ1) is 12.2. The van der Waals surface area contributed by atoms with Gasteiger partial charge in [-0.2, -0.15) is 0 Å². The lowest BCUT2D eigenvalue weighted by Gasteiger charge is -2.37. The van der Waals surface area contributed by atoms with Crippen LogP contribution in [-0.2, 0) is 17.6 Å². The van der Waals surface area contributed by atoms with Gasteiger partial charge < -0.3 is 15.4 Å². The summed E-state index contributed by atoms with van der Waals surface area (Å²) in [5, 5.41) is 0. The standard InChI is InChI=1S/C16H21N3O/c17-15-18-11-16(19(15)10-14-6-3-7-20-14)8-12-4-1-2-5-13(12)9-16/h1-2,4-5,14H,3,6-11H2,(H2,17,18). The second-order valence-electron chi connectivity index (χ2n) is 6.27. The highest BCUT2D eigenvalue weighted by Gasteiger charge is 2.47. The highest BCUT2D eigenvalue weighted by Crippen LogP contribution is 2.38. The predicted octanol–water partition coefficient (Wildman–Crippen LogP) is 1.33. The lowest BCUT2D eigenvalue weighted by atomic mass is 9.94. The average Bonchev–Trinajstić information content (AvgIpc) is 3.14. The molecule has 0 aromatic heterocycles. The van der Waals surface area contributed by atoms with Crippen LogP contribution in [0.5, 0.6) is 0 Å². The van der Waals surface area contributed by atoms with E-state index in [2.05, 4.69) is 34.2 Å². The van der Waals surface area contributed by atoms with Crippen LogP contribution in [0, 0.1) is 0 Å². The van der Waals surface area contributed by atoms with Gasteiger partial charge in [0.2, 0.25) is 0 Å². The Morgan fingerprint density at radius 2 is 2.05 bits per heavy atom. The molecule has 0 amide bonds. The second-order valence-corrected chi connectivity index (χ2v) is 6.27. The van der Waals surface area contributed by atoms with Crippen molar-refractivity contribution >= 4 is 5.96 Å². The summed E-state index contributed by atoms with van der Waals surface area (Å²) in [6, 6.07) is 8.73. The lowest BCUT2D eigenvalue weighted by molar-refractivity contribution is 0.0676.